The molecule has 0 saturated carbocycles. The minimum Gasteiger partial charge on any atom is -0.379 e. The molecule has 0 radical (unpaired) electrons. The van der Waals surface area contributed by atoms with Crippen LogP contribution < -0.4 is 5.32 Å². The molecule has 5 nitrogen and oxygen atoms in total. The second kappa shape index (κ2) is 7.59. The summed E-state index contributed by atoms with van der Waals surface area (Å²) in [5.41, 5.74) is -1.19. The lowest BCUT2D eigenvalue weighted by atomic mass is 10.0. The third-order valence-electron chi connectivity index (χ3n) is 4.53. The Hall–Kier alpha value is -2.19. The topological polar surface area (TPSA) is 54.5 Å². The molecule has 1 aliphatic rings. The Labute approximate surface area is 149 Å². The highest BCUT2D eigenvalue weighted by atomic mass is 19.4. The van der Waals surface area contributed by atoms with Gasteiger partial charge < -0.3 is 10.1 Å². The molecule has 3 rings (SSSR count). The predicted molar refractivity (Wildman–Crippen MR) is 90.9 cm³/mol. The average Bonchev–Trinajstić information content (AvgIpc) is 2.64. The van der Waals surface area contributed by atoms with Gasteiger partial charge in [0.1, 0.15) is 0 Å². The number of aromatic nitrogens is 1. The van der Waals surface area contributed by atoms with Crippen LogP contribution in [-0.4, -0.2) is 54.7 Å². The van der Waals surface area contributed by atoms with E-state index in [0.29, 0.717) is 13.2 Å². The molecule has 1 amide bonds. The molecule has 26 heavy (non-hydrogen) atoms. The summed E-state index contributed by atoms with van der Waals surface area (Å²) in [6.07, 6.45) is -3.65. The largest absolute Gasteiger partial charge is 0.417 e. The van der Waals surface area contributed by atoms with E-state index in [1.165, 1.54) is 18.2 Å². The number of fused-ring (bicyclic) bond motifs is 1. The van der Waals surface area contributed by atoms with Gasteiger partial charge in [0.25, 0.3) is 5.91 Å². The summed E-state index contributed by atoms with van der Waals surface area (Å²) in [4.78, 5) is 18.6. The van der Waals surface area contributed by atoms with Gasteiger partial charge in [-0.1, -0.05) is 18.2 Å². The van der Waals surface area contributed by atoms with E-state index < -0.39 is 23.2 Å². The molecular weight excluding hydrogens is 347 g/mol. The van der Waals surface area contributed by atoms with Crippen molar-refractivity contribution >= 4 is 16.8 Å². The number of morpholine rings is 1. The Morgan fingerprint density at radius 2 is 2.00 bits per heavy atom. The number of nitrogens with one attached hydrogen (secondary N) is 1. The number of hydrogen-bond acceptors (Lipinski definition) is 4. The highest BCUT2D eigenvalue weighted by molar-refractivity contribution is 6.00. The van der Waals surface area contributed by atoms with E-state index in [1.54, 1.807) is 6.07 Å². The van der Waals surface area contributed by atoms with E-state index in [-0.39, 0.29) is 23.5 Å². The van der Waals surface area contributed by atoms with Crippen LogP contribution in [0.25, 0.3) is 10.9 Å². The summed E-state index contributed by atoms with van der Waals surface area (Å²) in [5.74, 6) is -0.768. The monoisotopic (exact) mass is 367 g/mol. The number of nitrogens with zero attached hydrogens (tertiary/aromatic N) is 2. The molecule has 1 fully saturated rings. The van der Waals surface area contributed by atoms with Gasteiger partial charge in [0.05, 0.1) is 29.9 Å². The van der Waals surface area contributed by atoms with E-state index in [1.807, 2.05) is 6.92 Å². The number of rotatable bonds is 4. The highest BCUT2D eigenvalue weighted by Crippen LogP contribution is 2.36. The van der Waals surface area contributed by atoms with Gasteiger partial charge in [0.15, 0.2) is 0 Å². The van der Waals surface area contributed by atoms with E-state index >= 15 is 0 Å². The molecule has 1 unspecified atom stereocenters. The first kappa shape index (κ1) is 18.6. The van der Waals surface area contributed by atoms with Gasteiger partial charge in [-0.2, -0.15) is 13.2 Å². The van der Waals surface area contributed by atoms with Gasteiger partial charge in [-0.15, -0.1) is 0 Å². The first-order valence-electron chi connectivity index (χ1n) is 8.43. The Bertz CT molecular complexity index is 789. The smallest absolute Gasteiger partial charge is 0.379 e. The average molecular weight is 367 g/mol. The first-order chi connectivity index (χ1) is 12.4. The van der Waals surface area contributed by atoms with Crippen molar-refractivity contribution in [3.63, 3.8) is 0 Å². The van der Waals surface area contributed by atoms with Gasteiger partial charge in [-0.3, -0.25) is 14.7 Å². The van der Waals surface area contributed by atoms with Gasteiger partial charge >= 0.3 is 6.18 Å². The second-order valence-corrected chi connectivity index (χ2v) is 6.27. The molecule has 1 N–H and O–H groups in total. The number of hydrogen-bond donors (Lipinski definition) is 1. The molecule has 2 heterocycles. The molecule has 1 aliphatic heterocycles. The Kier molecular flexibility index (Phi) is 5.43. The summed E-state index contributed by atoms with van der Waals surface area (Å²) < 4.78 is 46.1. The fourth-order valence-electron chi connectivity index (χ4n) is 3.10. The number of carbonyl (C=O) groups excluding carboxylic acids is 1. The van der Waals surface area contributed by atoms with Gasteiger partial charge in [0, 0.05) is 37.3 Å². The van der Waals surface area contributed by atoms with Crippen molar-refractivity contribution in [2.24, 2.45) is 0 Å². The Balaban J connectivity index is 1.81. The number of halogens is 3. The molecule has 140 valence electrons. The maximum absolute atomic E-state index is 13.6. The molecular formula is C18H20F3N3O2. The first-order valence-corrected chi connectivity index (χ1v) is 8.43. The lowest BCUT2D eigenvalue weighted by molar-refractivity contribution is -0.136. The van der Waals surface area contributed by atoms with Crippen LogP contribution >= 0.6 is 0 Å². The molecule has 1 saturated heterocycles. The maximum Gasteiger partial charge on any atom is 0.417 e. The normalized spacial score (nSPS) is 17.2. The van der Waals surface area contributed by atoms with Crippen LogP contribution in [0, 0.1) is 0 Å². The number of benzene rings is 1. The van der Waals surface area contributed by atoms with E-state index in [0.717, 1.165) is 19.3 Å². The minimum atomic E-state index is -4.65. The number of ether oxygens (including phenoxy) is 1. The molecule has 0 aliphatic carbocycles. The summed E-state index contributed by atoms with van der Waals surface area (Å²) in [5, 5.41) is 2.54. The molecule has 0 bridgehead atoms. The molecule has 1 aromatic carbocycles. The van der Waals surface area contributed by atoms with Gasteiger partial charge in [0.2, 0.25) is 0 Å². The third-order valence-corrected chi connectivity index (χ3v) is 4.53. The number of alkyl halides is 3. The molecule has 1 atom stereocenters. The van der Waals surface area contributed by atoms with Gasteiger partial charge in [-0.05, 0) is 13.0 Å². The standard InChI is InChI=1S/C18H20F3N3O2/c1-12(24-6-8-26-9-7-24)10-23-17(25)14-11-22-15-5-3-2-4-13(15)16(14)18(19,20)21/h2-5,11-12H,6-10H2,1H3,(H,23,25). The van der Waals surface area contributed by atoms with Crippen LogP contribution in [0.4, 0.5) is 13.2 Å². The Morgan fingerprint density at radius 3 is 2.69 bits per heavy atom. The van der Waals surface area contributed by atoms with Gasteiger partial charge in [-0.25, -0.2) is 0 Å². The second-order valence-electron chi connectivity index (χ2n) is 6.27. The highest BCUT2D eigenvalue weighted by Gasteiger charge is 2.37. The van der Waals surface area contributed by atoms with Crippen LogP contribution in [0.3, 0.4) is 0 Å². The van der Waals surface area contributed by atoms with Crippen molar-refractivity contribution in [2.75, 3.05) is 32.8 Å². The maximum atomic E-state index is 13.6. The van der Waals surface area contributed by atoms with Crippen molar-refractivity contribution in [3.8, 4) is 0 Å². The zero-order valence-corrected chi connectivity index (χ0v) is 14.3. The number of carbonyl (C=O) groups is 1. The minimum absolute atomic E-state index is 0.00519. The zero-order valence-electron chi connectivity index (χ0n) is 14.3. The lowest BCUT2D eigenvalue weighted by Crippen LogP contribution is -2.47. The van der Waals surface area contributed by atoms with Crippen molar-refractivity contribution in [1.29, 1.82) is 0 Å². The zero-order chi connectivity index (χ0) is 18.7. The predicted octanol–water partition coefficient (Wildman–Crippen LogP) is 2.70. The summed E-state index contributed by atoms with van der Waals surface area (Å²) in [6.45, 7) is 4.89. The lowest BCUT2D eigenvalue weighted by Gasteiger charge is -2.32. The van der Waals surface area contributed by atoms with Crippen molar-refractivity contribution < 1.29 is 22.7 Å². The van der Waals surface area contributed by atoms with Crippen molar-refractivity contribution in [2.45, 2.75) is 19.1 Å². The van der Waals surface area contributed by atoms with Crippen LogP contribution in [0.2, 0.25) is 0 Å². The van der Waals surface area contributed by atoms with Crippen LogP contribution in [0.15, 0.2) is 30.5 Å². The van der Waals surface area contributed by atoms with Crippen molar-refractivity contribution in [3.05, 3.63) is 41.6 Å². The number of para-hydroxylation sites is 1. The van der Waals surface area contributed by atoms with Crippen molar-refractivity contribution in [1.82, 2.24) is 15.2 Å². The molecule has 2 aromatic rings. The molecule has 8 heteroatoms. The molecule has 1 aromatic heterocycles. The SMILES string of the molecule is CC(CNC(=O)c1cnc2ccccc2c1C(F)(F)F)N1CCOCC1. The fourth-order valence-corrected chi connectivity index (χ4v) is 3.10. The van der Waals surface area contributed by atoms with Crippen LogP contribution in [-0.2, 0) is 10.9 Å². The summed E-state index contributed by atoms with van der Waals surface area (Å²) in [6, 6.07) is 5.94. The fraction of sp³-hybridized carbons (Fsp3) is 0.444. The number of amides is 1. The quantitative estimate of drug-likeness (QED) is 0.903. The third kappa shape index (κ3) is 3.96. The number of pyridine rings is 1. The Morgan fingerprint density at radius 1 is 1.31 bits per heavy atom. The summed E-state index contributed by atoms with van der Waals surface area (Å²) in [7, 11) is 0. The van der Waals surface area contributed by atoms with E-state index in [4.69, 9.17) is 4.74 Å². The van der Waals surface area contributed by atoms with Crippen LogP contribution in [0.1, 0.15) is 22.8 Å². The summed E-state index contributed by atoms with van der Waals surface area (Å²) >= 11 is 0. The molecule has 0 spiro atoms. The van der Waals surface area contributed by atoms with Crippen LogP contribution in [0.5, 0.6) is 0 Å². The van der Waals surface area contributed by atoms with E-state index in [9.17, 15) is 18.0 Å². The van der Waals surface area contributed by atoms with E-state index in [2.05, 4.69) is 15.2 Å².